The van der Waals surface area contributed by atoms with Gasteiger partial charge in [-0.3, -0.25) is 4.79 Å². The molecule has 1 aromatic heterocycles. The number of fused-ring (bicyclic) bond motifs is 1. The van der Waals surface area contributed by atoms with Crippen LogP contribution in [0.2, 0.25) is 0 Å². The maximum Gasteiger partial charge on any atom is 0.227 e. The maximum absolute atomic E-state index is 12.4. The van der Waals surface area contributed by atoms with Gasteiger partial charge in [-0.2, -0.15) is 0 Å². The molecule has 4 nitrogen and oxygen atoms in total. The third-order valence-corrected chi connectivity index (χ3v) is 6.98. The van der Waals surface area contributed by atoms with Crippen LogP contribution in [0.4, 0.5) is 0 Å². The van der Waals surface area contributed by atoms with Crippen LogP contribution >= 0.6 is 0 Å². The molecule has 4 saturated carbocycles. The molecule has 3 aromatic rings. The topological polar surface area (TPSA) is 52.3 Å². The summed E-state index contributed by atoms with van der Waals surface area (Å²) >= 11 is 0. The number of carbonyl (C=O) groups excluding carboxylic acids is 1. The predicted octanol–water partition coefficient (Wildman–Crippen LogP) is 5.16. The quantitative estimate of drug-likeness (QED) is 0.634. The van der Waals surface area contributed by atoms with Gasteiger partial charge in [0.15, 0.2) is 5.58 Å². The van der Waals surface area contributed by atoms with Crippen molar-refractivity contribution in [2.45, 2.75) is 44.3 Å². The highest BCUT2D eigenvalue weighted by molar-refractivity contribution is 5.85. The van der Waals surface area contributed by atoms with Crippen molar-refractivity contribution in [2.75, 3.05) is 0 Å². The van der Waals surface area contributed by atoms with Crippen LogP contribution in [0.15, 0.2) is 52.9 Å². The van der Waals surface area contributed by atoms with Crippen molar-refractivity contribution < 1.29 is 13.9 Å². The smallest absolute Gasteiger partial charge is 0.227 e. The molecule has 28 heavy (non-hydrogen) atoms. The molecule has 4 fully saturated rings. The van der Waals surface area contributed by atoms with E-state index in [2.05, 4.69) is 17.1 Å². The van der Waals surface area contributed by atoms with E-state index in [1.807, 2.05) is 36.4 Å². The summed E-state index contributed by atoms with van der Waals surface area (Å²) in [5, 5.41) is 0. The first-order chi connectivity index (χ1) is 13.7. The van der Waals surface area contributed by atoms with Crippen molar-refractivity contribution in [2.24, 2.45) is 17.8 Å². The number of Topliss-reactive ketones (excluding diaryl/α,β-unsaturated/α-hetero) is 1. The van der Waals surface area contributed by atoms with E-state index in [0.29, 0.717) is 24.2 Å². The highest BCUT2D eigenvalue weighted by Crippen LogP contribution is 2.55. The largest absolute Gasteiger partial charge is 0.436 e. The lowest BCUT2D eigenvalue weighted by Gasteiger charge is -2.55. The number of benzene rings is 2. The van der Waals surface area contributed by atoms with E-state index in [1.165, 1.54) is 0 Å². The molecule has 0 radical (unpaired) electrons. The molecule has 142 valence electrons. The van der Waals surface area contributed by atoms with Crippen molar-refractivity contribution in [3.8, 4) is 11.5 Å². The summed E-state index contributed by atoms with van der Waals surface area (Å²) < 4.78 is 12.3. The molecular weight excluding hydrogens is 350 g/mol. The van der Waals surface area contributed by atoms with Gasteiger partial charge in [-0.1, -0.05) is 24.3 Å². The zero-order chi connectivity index (χ0) is 18.7. The van der Waals surface area contributed by atoms with Gasteiger partial charge in [-0.25, -0.2) is 4.98 Å². The van der Waals surface area contributed by atoms with Gasteiger partial charge < -0.3 is 9.15 Å². The lowest BCUT2D eigenvalue weighted by molar-refractivity contribution is -0.179. The number of hydrogen-bond donors (Lipinski definition) is 0. The minimum absolute atomic E-state index is 0.0661. The molecule has 2 atom stereocenters. The number of carbonyl (C=O) groups is 1. The minimum atomic E-state index is -0.0661. The van der Waals surface area contributed by atoms with Crippen LogP contribution in [-0.4, -0.2) is 16.4 Å². The Morgan fingerprint density at radius 3 is 2.50 bits per heavy atom. The number of aromatic nitrogens is 1. The lowest BCUT2D eigenvalue weighted by Crippen LogP contribution is -2.56. The number of para-hydroxylation sites is 2. The SMILES string of the molecule is O=C1C2CC3CC1CC(OCc1ccc(-c4nc5ccccc5o4)cc1)(C3)C2. The van der Waals surface area contributed by atoms with Gasteiger partial charge in [-0.05, 0) is 67.9 Å². The Bertz CT molecular complexity index is 1000. The Balaban J connectivity index is 1.18. The number of nitrogens with zero attached hydrogens (tertiary/aromatic N) is 1. The van der Waals surface area contributed by atoms with Crippen LogP contribution in [0.25, 0.3) is 22.6 Å². The highest BCUT2D eigenvalue weighted by Gasteiger charge is 2.55. The van der Waals surface area contributed by atoms with Gasteiger partial charge in [-0.15, -0.1) is 0 Å². The molecule has 4 heteroatoms. The van der Waals surface area contributed by atoms with Crippen LogP contribution < -0.4 is 0 Å². The molecular formula is C24H23NO3. The van der Waals surface area contributed by atoms with Crippen molar-refractivity contribution in [1.82, 2.24) is 4.98 Å². The zero-order valence-electron chi connectivity index (χ0n) is 15.8. The number of rotatable bonds is 4. The Kier molecular flexibility index (Phi) is 3.54. The number of ether oxygens (including phenoxy) is 1. The first kappa shape index (κ1) is 16.5. The van der Waals surface area contributed by atoms with Crippen LogP contribution in [0.3, 0.4) is 0 Å². The summed E-state index contributed by atoms with van der Waals surface area (Å²) in [5.41, 5.74) is 3.74. The van der Waals surface area contributed by atoms with Gasteiger partial charge in [0.1, 0.15) is 11.3 Å². The molecule has 0 spiro atoms. The molecule has 7 rings (SSSR count). The van der Waals surface area contributed by atoms with E-state index < -0.39 is 0 Å². The summed E-state index contributed by atoms with van der Waals surface area (Å²) in [4.78, 5) is 16.9. The standard InChI is InChI=1S/C24H23NO3/c26-22-18-9-16-10-19(22)13-24(11-16,12-18)27-14-15-5-7-17(8-6-15)23-25-20-3-1-2-4-21(20)28-23/h1-8,16,18-19H,9-14H2. The molecule has 0 N–H and O–H groups in total. The predicted molar refractivity (Wildman–Crippen MR) is 106 cm³/mol. The van der Waals surface area contributed by atoms with Gasteiger partial charge >= 0.3 is 0 Å². The van der Waals surface area contributed by atoms with E-state index in [1.54, 1.807) is 0 Å². The lowest BCUT2D eigenvalue weighted by atomic mass is 9.53. The van der Waals surface area contributed by atoms with E-state index in [-0.39, 0.29) is 17.4 Å². The summed E-state index contributed by atoms with van der Waals surface area (Å²) in [6.45, 7) is 0.605. The third kappa shape index (κ3) is 2.62. The van der Waals surface area contributed by atoms with E-state index in [4.69, 9.17) is 9.15 Å². The van der Waals surface area contributed by atoms with Crippen molar-refractivity contribution in [1.29, 1.82) is 0 Å². The second kappa shape index (κ2) is 6.02. The van der Waals surface area contributed by atoms with Crippen molar-refractivity contribution in [3.05, 3.63) is 54.1 Å². The van der Waals surface area contributed by atoms with Crippen LogP contribution in [0.1, 0.15) is 37.7 Å². The van der Waals surface area contributed by atoms with Gasteiger partial charge in [0, 0.05) is 17.4 Å². The van der Waals surface area contributed by atoms with Crippen LogP contribution in [0, 0.1) is 17.8 Å². The summed E-state index contributed by atoms with van der Waals surface area (Å²) in [6.07, 6.45) is 5.19. The minimum Gasteiger partial charge on any atom is -0.436 e. The molecule has 4 bridgehead atoms. The Hall–Kier alpha value is -2.46. The highest BCUT2D eigenvalue weighted by atomic mass is 16.5. The fourth-order valence-electron chi connectivity index (χ4n) is 5.83. The second-order valence-corrected chi connectivity index (χ2v) is 8.90. The monoisotopic (exact) mass is 373 g/mol. The molecule has 0 amide bonds. The van der Waals surface area contributed by atoms with Gasteiger partial charge in [0.05, 0.1) is 12.2 Å². The fourth-order valence-corrected chi connectivity index (χ4v) is 5.83. The second-order valence-electron chi connectivity index (χ2n) is 8.90. The molecule has 0 aliphatic heterocycles. The average Bonchev–Trinajstić information content (AvgIpc) is 3.14. The first-order valence-corrected chi connectivity index (χ1v) is 10.3. The summed E-state index contributed by atoms with van der Waals surface area (Å²) in [6, 6.07) is 16.1. The molecule has 2 aromatic carbocycles. The molecule has 0 saturated heterocycles. The molecule has 1 heterocycles. The molecule has 4 aliphatic carbocycles. The van der Waals surface area contributed by atoms with Crippen molar-refractivity contribution in [3.63, 3.8) is 0 Å². The van der Waals surface area contributed by atoms with Gasteiger partial charge in [0.2, 0.25) is 5.89 Å². The van der Waals surface area contributed by atoms with E-state index in [9.17, 15) is 4.79 Å². The average molecular weight is 373 g/mol. The number of hydrogen-bond acceptors (Lipinski definition) is 4. The van der Waals surface area contributed by atoms with Crippen molar-refractivity contribution >= 4 is 16.9 Å². The number of oxazole rings is 1. The maximum atomic E-state index is 12.4. The molecule has 4 aliphatic rings. The summed E-state index contributed by atoms with van der Waals surface area (Å²) in [7, 11) is 0. The zero-order valence-corrected chi connectivity index (χ0v) is 15.8. The Morgan fingerprint density at radius 2 is 1.75 bits per heavy atom. The number of ketones is 1. The third-order valence-electron chi connectivity index (χ3n) is 6.98. The van der Waals surface area contributed by atoms with E-state index in [0.717, 1.165) is 54.3 Å². The summed E-state index contributed by atoms with van der Waals surface area (Å²) in [5.74, 6) is 2.36. The van der Waals surface area contributed by atoms with Crippen LogP contribution in [-0.2, 0) is 16.1 Å². The van der Waals surface area contributed by atoms with Gasteiger partial charge in [0.25, 0.3) is 0 Å². The normalized spacial score (nSPS) is 31.0. The fraction of sp³-hybridized carbons (Fsp3) is 0.417. The van der Waals surface area contributed by atoms with E-state index >= 15 is 0 Å². The van der Waals surface area contributed by atoms with Crippen LogP contribution in [0.5, 0.6) is 0 Å². The molecule has 2 unspecified atom stereocenters. The Morgan fingerprint density at radius 1 is 1.00 bits per heavy atom. The Labute approximate surface area is 163 Å². The first-order valence-electron chi connectivity index (χ1n) is 10.3.